The van der Waals surface area contributed by atoms with Gasteiger partial charge in [0.15, 0.2) is 0 Å². The molecule has 1 aliphatic carbocycles. The molecule has 3 aromatic carbocycles. The molecule has 0 unspecified atom stereocenters. The highest BCUT2D eigenvalue weighted by Crippen LogP contribution is 2.58. The summed E-state index contributed by atoms with van der Waals surface area (Å²) in [5.41, 5.74) is 6.87. The van der Waals surface area contributed by atoms with Crippen molar-refractivity contribution in [2.75, 3.05) is 44.3 Å². The number of ether oxygens (including phenoxy) is 1. The van der Waals surface area contributed by atoms with Gasteiger partial charge in [-0.2, -0.15) is 5.10 Å². The van der Waals surface area contributed by atoms with E-state index in [0.29, 0.717) is 26.3 Å². The first kappa shape index (κ1) is 27.6. The lowest BCUT2D eigenvalue weighted by Gasteiger charge is -2.52. The lowest BCUT2D eigenvalue weighted by Crippen LogP contribution is -2.57. The molecule has 1 heterocycles. The molecule has 7 heteroatoms. The van der Waals surface area contributed by atoms with Crippen LogP contribution in [0, 0.1) is 11.8 Å². The van der Waals surface area contributed by atoms with Crippen LogP contribution in [0.1, 0.15) is 42.4 Å². The Morgan fingerprint density at radius 2 is 1.40 bits per heavy atom. The molecule has 7 nitrogen and oxygen atoms in total. The molecule has 1 aliphatic heterocycles. The number of nitrogens with one attached hydrogen (secondary N) is 1. The normalized spacial score (nSPS) is 22.5. The Morgan fingerprint density at radius 1 is 0.850 bits per heavy atom. The summed E-state index contributed by atoms with van der Waals surface area (Å²) in [4.78, 5) is 31.9. The number of benzene rings is 3. The van der Waals surface area contributed by atoms with E-state index in [1.165, 1.54) is 0 Å². The molecule has 1 N–H and O–H groups in total. The van der Waals surface area contributed by atoms with E-state index in [2.05, 4.69) is 41.4 Å². The van der Waals surface area contributed by atoms with E-state index < -0.39 is 5.92 Å². The standard InChI is InChI=1S/C33H38N4O3/c1-3-36(4-2)27-17-15-24(16-18-27)23-34-35-32(38)30-28(25-11-7-5-8-12-25)31(29(30)26-13-9-6-10-14-26)33(39)37-19-21-40-22-20-37/h5-18,23,28-31H,3-4,19-22H2,1-2H3,(H,35,38)/b34-23-/t28-,29-,30?,31?/m0/s1. The van der Waals surface area contributed by atoms with Crippen molar-refractivity contribution in [2.24, 2.45) is 16.9 Å². The van der Waals surface area contributed by atoms with Gasteiger partial charge in [0.05, 0.1) is 31.3 Å². The fourth-order valence-corrected chi connectivity index (χ4v) is 6.16. The third-order valence-electron chi connectivity index (χ3n) is 8.24. The molecule has 2 atom stereocenters. The molecule has 40 heavy (non-hydrogen) atoms. The Hall–Kier alpha value is -3.97. The zero-order chi connectivity index (χ0) is 27.9. The maximum absolute atomic E-state index is 13.9. The first-order valence-electron chi connectivity index (χ1n) is 14.3. The molecule has 2 amide bonds. The summed E-state index contributed by atoms with van der Waals surface area (Å²) in [6.07, 6.45) is 1.67. The van der Waals surface area contributed by atoms with Crippen LogP contribution < -0.4 is 10.3 Å². The second kappa shape index (κ2) is 12.9. The van der Waals surface area contributed by atoms with E-state index >= 15 is 0 Å². The van der Waals surface area contributed by atoms with Crippen LogP contribution in [-0.2, 0) is 14.3 Å². The number of amides is 2. The second-order valence-corrected chi connectivity index (χ2v) is 10.4. The zero-order valence-corrected chi connectivity index (χ0v) is 23.3. The summed E-state index contributed by atoms with van der Waals surface area (Å²) >= 11 is 0. The Labute approximate surface area is 236 Å². The molecule has 1 saturated carbocycles. The molecule has 1 saturated heterocycles. The van der Waals surface area contributed by atoms with E-state index in [1.807, 2.05) is 77.7 Å². The SMILES string of the molecule is CCN(CC)c1ccc(/C=N\NC(=O)C2[C@H](c3ccccc3)C(C(=O)N3CCOCC3)[C@H]2c2ccccc2)cc1. The Balaban J connectivity index is 1.40. The number of morpholine rings is 1. The summed E-state index contributed by atoms with van der Waals surface area (Å²) in [7, 11) is 0. The Kier molecular flexibility index (Phi) is 8.91. The van der Waals surface area contributed by atoms with Crippen LogP contribution in [0.2, 0.25) is 0 Å². The van der Waals surface area contributed by atoms with Gasteiger partial charge in [-0.3, -0.25) is 9.59 Å². The Bertz CT molecular complexity index is 1240. The first-order chi connectivity index (χ1) is 19.6. The monoisotopic (exact) mass is 538 g/mol. The maximum atomic E-state index is 13.9. The van der Waals surface area contributed by atoms with Gasteiger partial charge in [-0.1, -0.05) is 72.8 Å². The molecular formula is C33H38N4O3. The van der Waals surface area contributed by atoms with Gasteiger partial charge in [-0.05, 0) is 42.7 Å². The van der Waals surface area contributed by atoms with Gasteiger partial charge < -0.3 is 14.5 Å². The van der Waals surface area contributed by atoms with Crippen LogP contribution >= 0.6 is 0 Å². The van der Waals surface area contributed by atoms with E-state index in [1.54, 1.807) is 6.21 Å². The van der Waals surface area contributed by atoms with Gasteiger partial charge in [0.1, 0.15) is 0 Å². The van der Waals surface area contributed by atoms with Crippen molar-refractivity contribution in [2.45, 2.75) is 25.7 Å². The van der Waals surface area contributed by atoms with Crippen molar-refractivity contribution in [1.29, 1.82) is 0 Å². The number of anilines is 1. The minimum atomic E-state index is -0.429. The average molecular weight is 539 g/mol. The molecule has 208 valence electrons. The minimum absolute atomic E-state index is 0.0897. The van der Waals surface area contributed by atoms with Gasteiger partial charge in [-0.15, -0.1) is 0 Å². The lowest BCUT2D eigenvalue weighted by atomic mass is 9.51. The highest BCUT2D eigenvalue weighted by Gasteiger charge is 2.58. The molecule has 3 aromatic rings. The third-order valence-corrected chi connectivity index (χ3v) is 8.24. The van der Waals surface area contributed by atoms with Crippen molar-refractivity contribution < 1.29 is 14.3 Å². The quantitative estimate of drug-likeness (QED) is 0.318. The lowest BCUT2D eigenvalue weighted by molar-refractivity contribution is -0.151. The molecule has 2 fully saturated rings. The fourth-order valence-electron chi connectivity index (χ4n) is 6.16. The van der Waals surface area contributed by atoms with Crippen LogP contribution in [0.25, 0.3) is 0 Å². The number of hydrazone groups is 1. The topological polar surface area (TPSA) is 74.2 Å². The van der Waals surface area contributed by atoms with Crippen LogP contribution in [0.15, 0.2) is 90.0 Å². The van der Waals surface area contributed by atoms with Gasteiger partial charge in [0, 0.05) is 43.7 Å². The highest BCUT2D eigenvalue weighted by atomic mass is 16.5. The van der Waals surface area contributed by atoms with Crippen LogP contribution in [0.5, 0.6) is 0 Å². The van der Waals surface area contributed by atoms with Crippen molar-refractivity contribution in [3.63, 3.8) is 0 Å². The molecule has 0 radical (unpaired) electrons. The zero-order valence-electron chi connectivity index (χ0n) is 23.3. The summed E-state index contributed by atoms with van der Waals surface area (Å²) in [5.74, 6) is -1.34. The molecule has 0 bridgehead atoms. The van der Waals surface area contributed by atoms with Gasteiger partial charge >= 0.3 is 0 Å². The highest BCUT2D eigenvalue weighted by molar-refractivity contribution is 5.91. The Morgan fingerprint density at radius 3 is 1.93 bits per heavy atom. The van der Waals surface area contributed by atoms with Gasteiger partial charge in [0.25, 0.3) is 0 Å². The van der Waals surface area contributed by atoms with Crippen molar-refractivity contribution in [1.82, 2.24) is 10.3 Å². The molecular weight excluding hydrogens is 500 g/mol. The summed E-state index contributed by atoms with van der Waals surface area (Å²) < 4.78 is 5.50. The predicted octanol–water partition coefficient (Wildman–Crippen LogP) is 4.66. The average Bonchev–Trinajstić information content (AvgIpc) is 2.99. The van der Waals surface area contributed by atoms with Crippen molar-refractivity contribution in [3.8, 4) is 0 Å². The summed E-state index contributed by atoms with van der Waals surface area (Å²) in [5, 5.41) is 4.33. The molecule has 0 spiro atoms. The van der Waals surface area contributed by atoms with E-state index in [4.69, 9.17) is 4.74 Å². The number of hydrogen-bond acceptors (Lipinski definition) is 5. The predicted molar refractivity (Wildman–Crippen MR) is 158 cm³/mol. The summed E-state index contributed by atoms with van der Waals surface area (Å²) in [6.45, 7) is 8.40. The van der Waals surface area contributed by atoms with Crippen molar-refractivity contribution >= 4 is 23.7 Å². The number of carbonyl (C=O) groups excluding carboxylic acids is 2. The molecule has 5 rings (SSSR count). The number of nitrogens with zero attached hydrogens (tertiary/aromatic N) is 3. The van der Waals surface area contributed by atoms with Crippen LogP contribution in [0.4, 0.5) is 5.69 Å². The van der Waals surface area contributed by atoms with Crippen LogP contribution in [-0.4, -0.2) is 62.3 Å². The molecule has 2 aliphatic rings. The fraction of sp³-hybridized carbons (Fsp3) is 0.364. The first-order valence-corrected chi connectivity index (χ1v) is 14.3. The van der Waals surface area contributed by atoms with Gasteiger partial charge in [0.2, 0.25) is 11.8 Å². The second-order valence-electron chi connectivity index (χ2n) is 10.4. The number of hydrogen-bond donors (Lipinski definition) is 1. The van der Waals surface area contributed by atoms with Crippen molar-refractivity contribution in [3.05, 3.63) is 102 Å². The van der Waals surface area contributed by atoms with Gasteiger partial charge in [-0.25, -0.2) is 5.43 Å². The summed E-state index contributed by atoms with van der Waals surface area (Å²) in [6, 6.07) is 28.0. The minimum Gasteiger partial charge on any atom is -0.378 e. The van der Waals surface area contributed by atoms with E-state index in [0.717, 1.165) is 35.5 Å². The maximum Gasteiger partial charge on any atom is 0.244 e. The number of carbonyl (C=O) groups is 2. The molecule has 0 aromatic heterocycles. The largest absolute Gasteiger partial charge is 0.378 e. The van der Waals surface area contributed by atoms with Crippen LogP contribution in [0.3, 0.4) is 0 Å². The van der Waals surface area contributed by atoms with E-state index in [-0.39, 0.29) is 29.6 Å². The number of rotatable bonds is 9. The smallest absolute Gasteiger partial charge is 0.244 e. The van der Waals surface area contributed by atoms with E-state index in [9.17, 15) is 9.59 Å². The third kappa shape index (κ3) is 5.80.